The van der Waals surface area contributed by atoms with Gasteiger partial charge in [0.15, 0.2) is 0 Å². The van der Waals surface area contributed by atoms with Gasteiger partial charge in [0.1, 0.15) is 25.3 Å². The summed E-state index contributed by atoms with van der Waals surface area (Å²) in [7, 11) is 3.56. The summed E-state index contributed by atoms with van der Waals surface area (Å²) in [5.41, 5.74) is -0.587. The highest BCUT2D eigenvalue weighted by Gasteiger charge is 2.36. The van der Waals surface area contributed by atoms with Crippen LogP contribution in [0.5, 0.6) is 0 Å². The van der Waals surface area contributed by atoms with E-state index in [-0.39, 0.29) is 19.0 Å². The van der Waals surface area contributed by atoms with Gasteiger partial charge in [-0.3, -0.25) is 9.36 Å². The zero-order valence-corrected chi connectivity index (χ0v) is 13.1. The smallest absolute Gasteiger partial charge is 0.354 e. The summed E-state index contributed by atoms with van der Waals surface area (Å²) in [4.78, 5) is 36.2. The number of aromatic nitrogens is 3. The topological polar surface area (TPSA) is 119 Å². The quantitative estimate of drug-likeness (QED) is 0.419. The zero-order valence-electron chi connectivity index (χ0n) is 13.1. The summed E-state index contributed by atoms with van der Waals surface area (Å²) in [5, 5.41) is 9.92. The highest BCUT2D eigenvalue weighted by atomic mass is 16.6. The van der Waals surface area contributed by atoms with Crippen molar-refractivity contribution in [1.29, 1.82) is 0 Å². The first-order valence-corrected chi connectivity index (χ1v) is 6.99. The molecule has 0 aliphatic carbocycles. The van der Waals surface area contributed by atoms with Crippen LogP contribution in [0.1, 0.15) is 19.6 Å². The molecule has 0 spiro atoms. The average Bonchev–Trinajstić information content (AvgIpc) is 2.84. The number of aliphatic hydroxyl groups excluding tert-OH is 1. The molecule has 0 aromatic carbocycles. The van der Waals surface area contributed by atoms with Crippen LogP contribution in [0.3, 0.4) is 0 Å². The summed E-state index contributed by atoms with van der Waals surface area (Å²) in [6.07, 6.45) is 0.660. The molecule has 0 saturated carbocycles. The molecule has 10 heteroatoms. The van der Waals surface area contributed by atoms with Crippen LogP contribution in [-0.4, -0.2) is 69.8 Å². The molecule has 1 N–H and O–H groups in total. The first-order chi connectivity index (χ1) is 10.9. The SMILES string of the molecule is CC(=O)OC[C@H]1O[C@@H](n2cnc(/N=C\N(C)C)nc2=O)CC1O. The molecule has 10 nitrogen and oxygen atoms in total. The number of ether oxygens (including phenoxy) is 2. The molecule has 1 aromatic heterocycles. The molecule has 0 bridgehead atoms. The first kappa shape index (κ1) is 17.0. The molecule has 3 atom stereocenters. The lowest BCUT2D eigenvalue weighted by atomic mass is 10.2. The maximum atomic E-state index is 12.0. The summed E-state index contributed by atoms with van der Waals surface area (Å²) in [6.45, 7) is 1.19. The van der Waals surface area contributed by atoms with Crippen molar-refractivity contribution in [2.75, 3.05) is 20.7 Å². The van der Waals surface area contributed by atoms with Gasteiger partial charge >= 0.3 is 11.7 Å². The van der Waals surface area contributed by atoms with Gasteiger partial charge in [0.25, 0.3) is 5.95 Å². The molecular formula is C13H19N5O5. The van der Waals surface area contributed by atoms with Gasteiger partial charge in [0.05, 0.1) is 12.4 Å². The predicted molar refractivity (Wildman–Crippen MR) is 79.3 cm³/mol. The number of hydrogen-bond acceptors (Lipinski definition) is 8. The van der Waals surface area contributed by atoms with Crippen LogP contribution in [0.4, 0.5) is 5.95 Å². The molecule has 0 radical (unpaired) electrons. The highest BCUT2D eigenvalue weighted by Crippen LogP contribution is 2.27. The van der Waals surface area contributed by atoms with E-state index in [9.17, 15) is 14.7 Å². The Morgan fingerprint density at radius 3 is 3.00 bits per heavy atom. The second-order valence-corrected chi connectivity index (χ2v) is 5.29. The van der Waals surface area contributed by atoms with Gasteiger partial charge < -0.3 is 19.5 Å². The lowest BCUT2D eigenvalue weighted by Crippen LogP contribution is -2.29. The molecule has 2 rings (SSSR count). The Morgan fingerprint density at radius 2 is 2.39 bits per heavy atom. The van der Waals surface area contributed by atoms with Crippen molar-refractivity contribution in [3.63, 3.8) is 0 Å². The summed E-state index contributed by atoms with van der Waals surface area (Å²) in [6, 6.07) is 0. The maximum absolute atomic E-state index is 12.0. The fourth-order valence-electron chi connectivity index (χ4n) is 2.00. The Morgan fingerprint density at radius 1 is 1.65 bits per heavy atom. The van der Waals surface area contributed by atoms with Crippen molar-refractivity contribution < 1.29 is 19.4 Å². The standard InChI is InChI=1S/C13H19N5O5/c1-8(19)22-5-10-9(20)4-11(23-10)18-7-15-12(16-13(18)21)14-6-17(2)3/h6-7,9-11,20H,4-5H2,1-3H3/b14-6-/t9?,10-,11-/m1/s1. The van der Waals surface area contributed by atoms with Crippen LogP contribution in [0, 0.1) is 0 Å². The van der Waals surface area contributed by atoms with E-state index in [2.05, 4.69) is 15.0 Å². The molecule has 1 aliphatic rings. The lowest BCUT2D eigenvalue weighted by Gasteiger charge is -2.15. The van der Waals surface area contributed by atoms with E-state index in [0.717, 1.165) is 0 Å². The number of nitrogens with zero attached hydrogens (tertiary/aromatic N) is 5. The molecule has 1 unspecified atom stereocenters. The zero-order chi connectivity index (χ0) is 17.0. The van der Waals surface area contributed by atoms with Crippen LogP contribution in [0.15, 0.2) is 16.1 Å². The average molecular weight is 325 g/mol. The minimum absolute atomic E-state index is 0.0370. The Labute approximate surface area is 132 Å². The van der Waals surface area contributed by atoms with Crippen molar-refractivity contribution in [3.05, 3.63) is 16.8 Å². The largest absolute Gasteiger partial charge is 0.463 e. The highest BCUT2D eigenvalue weighted by molar-refractivity contribution is 5.65. The molecule has 126 valence electrons. The molecule has 1 fully saturated rings. The van der Waals surface area contributed by atoms with Crippen LogP contribution < -0.4 is 5.69 Å². The fourth-order valence-corrected chi connectivity index (χ4v) is 2.00. The lowest BCUT2D eigenvalue weighted by molar-refractivity contribution is -0.147. The minimum Gasteiger partial charge on any atom is -0.463 e. The van der Waals surface area contributed by atoms with Crippen molar-refractivity contribution in [3.8, 4) is 0 Å². The fraction of sp³-hybridized carbons (Fsp3) is 0.615. The number of carbonyl (C=O) groups is 1. The van der Waals surface area contributed by atoms with Gasteiger partial charge in [0.2, 0.25) is 0 Å². The third-order valence-corrected chi connectivity index (χ3v) is 3.08. The molecule has 0 amide bonds. The summed E-state index contributed by atoms with van der Waals surface area (Å²) < 4.78 is 11.5. The van der Waals surface area contributed by atoms with Gasteiger partial charge in [-0.15, -0.1) is 0 Å². The maximum Gasteiger partial charge on any atom is 0.354 e. The predicted octanol–water partition coefficient (Wildman–Crippen LogP) is -0.929. The van der Waals surface area contributed by atoms with Crippen molar-refractivity contribution >= 4 is 18.3 Å². The number of aliphatic imine (C=N–C) groups is 1. The molecule has 1 aromatic rings. The monoisotopic (exact) mass is 325 g/mol. The van der Waals surface area contributed by atoms with E-state index in [1.54, 1.807) is 19.0 Å². The number of esters is 1. The molecule has 23 heavy (non-hydrogen) atoms. The Hall–Kier alpha value is -2.33. The van der Waals surface area contributed by atoms with Gasteiger partial charge in [-0.2, -0.15) is 4.98 Å². The van der Waals surface area contributed by atoms with Crippen LogP contribution in [0.25, 0.3) is 0 Å². The Balaban J connectivity index is 2.08. The molecule has 1 aliphatic heterocycles. The number of hydrogen-bond donors (Lipinski definition) is 1. The Bertz CT molecular complexity index is 644. The van der Waals surface area contributed by atoms with Crippen molar-refractivity contribution in [1.82, 2.24) is 19.4 Å². The van der Waals surface area contributed by atoms with Gasteiger partial charge in [-0.05, 0) is 0 Å². The third-order valence-electron chi connectivity index (χ3n) is 3.08. The normalized spacial score (nSPS) is 24.1. The van der Waals surface area contributed by atoms with E-state index in [1.165, 1.54) is 24.2 Å². The third kappa shape index (κ3) is 4.57. The first-order valence-electron chi connectivity index (χ1n) is 6.99. The Kier molecular flexibility index (Phi) is 5.40. The van der Waals surface area contributed by atoms with Crippen LogP contribution in [0.2, 0.25) is 0 Å². The van der Waals surface area contributed by atoms with Crippen LogP contribution >= 0.6 is 0 Å². The minimum atomic E-state index is -0.849. The summed E-state index contributed by atoms with van der Waals surface area (Å²) in [5.74, 6) is -0.428. The number of aliphatic hydroxyl groups is 1. The van der Waals surface area contributed by atoms with Gasteiger partial charge in [-0.25, -0.2) is 14.8 Å². The van der Waals surface area contributed by atoms with Crippen molar-refractivity contribution in [2.24, 2.45) is 4.99 Å². The van der Waals surface area contributed by atoms with Crippen LogP contribution in [-0.2, 0) is 14.3 Å². The molecule has 2 heterocycles. The van der Waals surface area contributed by atoms with E-state index >= 15 is 0 Å². The van der Waals surface area contributed by atoms with E-state index in [1.807, 2.05) is 0 Å². The van der Waals surface area contributed by atoms with E-state index < -0.39 is 30.1 Å². The second-order valence-electron chi connectivity index (χ2n) is 5.29. The van der Waals surface area contributed by atoms with E-state index in [0.29, 0.717) is 0 Å². The van der Waals surface area contributed by atoms with Crippen molar-refractivity contribution in [2.45, 2.75) is 31.8 Å². The number of carbonyl (C=O) groups excluding carboxylic acids is 1. The number of rotatable bonds is 5. The molecule has 1 saturated heterocycles. The second kappa shape index (κ2) is 7.29. The summed E-state index contributed by atoms with van der Waals surface area (Å²) >= 11 is 0. The molecular weight excluding hydrogens is 306 g/mol. The van der Waals surface area contributed by atoms with Gasteiger partial charge in [-0.1, -0.05) is 0 Å². The van der Waals surface area contributed by atoms with Gasteiger partial charge in [0, 0.05) is 27.4 Å². The van der Waals surface area contributed by atoms with E-state index in [4.69, 9.17) is 9.47 Å².